The number of carbonyl (C=O) groups excluding carboxylic acids is 1. The molecule has 2 fully saturated rings. The van der Waals surface area contributed by atoms with Gasteiger partial charge in [-0.15, -0.1) is 0 Å². The van der Waals surface area contributed by atoms with E-state index in [9.17, 15) is 4.79 Å². The number of amides is 1. The minimum atomic E-state index is -0.229. The number of carbonyl (C=O) groups is 1. The van der Waals surface area contributed by atoms with E-state index in [1.807, 2.05) is 0 Å². The summed E-state index contributed by atoms with van der Waals surface area (Å²) in [6.45, 7) is 5.05. The van der Waals surface area contributed by atoms with E-state index < -0.39 is 0 Å². The van der Waals surface area contributed by atoms with Crippen LogP contribution in [0.5, 0.6) is 0 Å². The minimum absolute atomic E-state index is 0.214. The highest BCUT2D eigenvalue weighted by molar-refractivity contribution is 5.84. The van der Waals surface area contributed by atoms with Gasteiger partial charge in [0, 0.05) is 12.6 Å². The van der Waals surface area contributed by atoms with E-state index in [2.05, 4.69) is 19.2 Å². The predicted molar refractivity (Wildman–Crippen MR) is 69.5 cm³/mol. The van der Waals surface area contributed by atoms with Gasteiger partial charge in [-0.2, -0.15) is 0 Å². The minimum Gasteiger partial charge on any atom is -0.352 e. The smallest absolute Gasteiger partial charge is 0.227 e. The SMILES string of the molecule is CC1(C)CCCCC1NC(=O)C1(CN)CCC1. The van der Waals surface area contributed by atoms with Gasteiger partial charge in [0.15, 0.2) is 0 Å². The van der Waals surface area contributed by atoms with Gasteiger partial charge in [-0.05, 0) is 31.1 Å². The van der Waals surface area contributed by atoms with Crippen LogP contribution in [0.25, 0.3) is 0 Å². The van der Waals surface area contributed by atoms with Crippen molar-refractivity contribution in [1.29, 1.82) is 0 Å². The molecule has 0 aromatic rings. The van der Waals surface area contributed by atoms with Crippen LogP contribution in [0.2, 0.25) is 0 Å². The fraction of sp³-hybridized carbons (Fsp3) is 0.929. The van der Waals surface area contributed by atoms with Crippen LogP contribution in [-0.4, -0.2) is 18.5 Å². The predicted octanol–water partition coefficient (Wildman–Crippen LogP) is 2.20. The van der Waals surface area contributed by atoms with Crippen molar-refractivity contribution in [2.24, 2.45) is 16.6 Å². The Balaban J connectivity index is 1.98. The second kappa shape index (κ2) is 4.60. The lowest BCUT2D eigenvalue weighted by Crippen LogP contribution is -2.56. The zero-order valence-electron chi connectivity index (χ0n) is 11.2. The monoisotopic (exact) mass is 238 g/mol. The largest absolute Gasteiger partial charge is 0.352 e. The van der Waals surface area contributed by atoms with Crippen LogP contribution in [0, 0.1) is 10.8 Å². The van der Waals surface area contributed by atoms with Crippen LogP contribution < -0.4 is 11.1 Å². The summed E-state index contributed by atoms with van der Waals surface area (Å²) < 4.78 is 0. The summed E-state index contributed by atoms with van der Waals surface area (Å²) in [5, 5.41) is 3.28. The van der Waals surface area contributed by atoms with E-state index in [1.54, 1.807) is 0 Å². The maximum atomic E-state index is 12.3. The Morgan fingerprint density at radius 2 is 1.94 bits per heavy atom. The number of hydrogen-bond acceptors (Lipinski definition) is 2. The van der Waals surface area contributed by atoms with Crippen molar-refractivity contribution in [2.45, 2.75) is 64.8 Å². The first kappa shape index (κ1) is 12.9. The molecule has 0 heterocycles. The van der Waals surface area contributed by atoms with Crippen LogP contribution >= 0.6 is 0 Å². The standard InChI is InChI=1S/C14H26N2O/c1-13(2)7-4-3-6-11(13)16-12(17)14(10-15)8-5-9-14/h11H,3-10,15H2,1-2H3,(H,16,17). The lowest BCUT2D eigenvalue weighted by molar-refractivity contribution is -0.137. The van der Waals surface area contributed by atoms with Gasteiger partial charge in [-0.1, -0.05) is 33.1 Å². The quantitative estimate of drug-likeness (QED) is 0.792. The molecule has 0 aromatic carbocycles. The van der Waals surface area contributed by atoms with Crippen LogP contribution in [0.15, 0.2) is 0 Å². The average Bonchev–Trinajstić information content (AvgIpc) is 2.20. The number of nitrogens with two attached hydrogens (primary N) is 1. The van der Waals surface area contributed by atoms with Crippen molar-refractivity contribution in [3.63, 3.8) is 0 Å². The summed E-state index contributed by atoms with van der Waals surface area (Å²) in [6, 6.07) is 0.341. The van der Waals surface area contributed by atoms with Crippen molar-refractivity contribution >= 4 is 5.91 Å². The molecule has 2 rings (SSSR count). The number of nitrogens with one attached hydrogen (secondary N) is 1. The fourth-order valence-corrected chi connectivity index (χ4v) is 3.20. The highest BCUT2D eigenvalue weighted by atomic mass is 16.2. The Morgan fingerprint density at radius 1 is 1.24 bits per heavy atom. The summed E-state index contributed by atoms with van der Waals surface area (Å²) in [4.78, 5) is 12.3. The molecule has 2 aliphatic rings. The first-order valence-electron chi connectivity index (χ1n) is 7.01. The summed E-state index contributed by atoms with van der Waals surface area (Å²) in [5.41, 5.74) is 5.80. The van der Waals surface area contributed by atoms with Crippen molar-refractivity contribution in [2.75, 3.05) is 6.54 Å². The zero-order chi connectivity index (χ0) is 12.5. The Bertz CT molecular complexity index is 289. The van der Waals surface area contributed by atoms with E-state index in [0.717, 1.165) is 25.7 Å². The first-order valence-corrected chi connectivity index (χ1v) is 7.01. The molecule has 1 atom stereocenters. The third kappa shape index (κ3) is 2.35. The third-order valence-corrected chi connectivity index (χ3v) is 5.00. The van der Waals surface area contributed by atoms with Crippen LogP contribution in [0.1, 0.15) is 58.8 Å². The van der Waals surface area contributed by atoms with E-state index in [-0.39, 0.29) is 16.7 Å². The molecule has 0 bridgehead atoms. The molecule has 0 spiro atoms. The molecule has 3 heteroatoms. The molecule has 0 aromatic heterocycles. The van der Waals surface area contributed by atoms with Gasteiger partial charge in [0.1, 0.15) is 0 Å². The maximum absolute atomic E-state index is 12.3. The molecule has 17 heavy (non-hydrogen) atoms. The molecule has 1 amide bonds. The molecule has 2 aliphatic carbocycles. The normalized spacial score (nSPS) is 30.4. The summed E-state index contributed by atoms with van der Waals surface area (Å²) >= 11 is 0. The van der Waals surface area contributed by atoms with Gasteiger partial charge in [0.05, 0.1) is 5.41 Å². The van der Waals surface area contributed by atoms with Crippen molar-refractivity contribution in [3.05, 3.63) is 0 Å². The summed E-state index contributed by atoms with van der Waals surface area (Å²) in [5.74, 6) is 0.214. The third-order valence-electron chi connectivity index (χ3n) is 5.00. The summed E-state index contributed by atoms with van der Waals surface area (Å²) in [7, 11) is 0. The molecular formula is C14H26N2O. The lowest BCUT2D eigenvalue weighted by Gasteiger charge is -2.44. The molecular weight excluding hydrogens is 212 g/mol. The Labute approximate surface area is 105 Å². The lowest BCUT2D eigenvalue weighted by atomic mass is 9.67. The molecule has 3 N–H and O–H groups in total. The second-order valence-electron chi connectivity index (χ2n) is 6.60. The number of rotatable bonds is 3. The van der Waals surface area contributed by atoms with Crippen molar-refractivity contribution in [3.8, 4) is 0 Å². The van der Waals surface area contributed by atoms with Crippen molar-refractivity contribution < 1.29 is 4.79 Å². The van der Waals surface area contributed by atoms with E-state index in [4.69, 9.17) is 5.73 Å². The van der Waals surface area contributed by atoms with Gasteiger partial charge in [0.25, 0.3) is 0 Å². The fourth-order valence-electron chi connectivity index (χ4n) is 3.20. The second-order valence-corrected chi connectivity index (χ2v) is 6.60. The number of hydrogen-bond donors (Lipinski definition) is 2. The van der Waals surface area contributed by atoms with Crippen LogP contribution in [0.4, 0.5) is 0 Å². The molecule has 1 unspecified atom stereocenters. The first-order chi connectivity index (χ1) is 8.00. The molecule has 0 aliphatic heterocycles. The van der Waals surface area contributed by atoms with Gasteiger partial charge >= 0.3 is 0 Å². The van der Waals surface area contributed by atoms with E-state index >= 15 is 0 Å². The van der Waals surface area contributed by atoms with Gasteiger partial charge < -0.3 is 11.1 Å². The van der Waals surface area contributed by atoms with Crippen molar-refractivity contribution in [1.82, 2.24) is 5.32 Å². The molecule has 2 saturated carbocycles. The van der Waals surface area contributed by atoms with Gasteiger partial charge in [-0.3, -0.25) is 4.79 Å². The van der Waals surface area contributed by atoms with Gasteiger partial charge in [0.2, 0.25) is 5.91 Å². The Kier molecular flexibility index (Phi) is 3.48. The molecule has 0 radical (unpaired) electrons. The highest BCUT2D eigenvalue weighted by Crippen LogP contribution is 2.41. The molecule has 3 nitrogen and oxygen atoms in total. The van der Waals surface area contributed by atoms with E-state index in [1.165, 1.54) is 19.3 Å². The van der Waals surface area contributed by atoms with Crippen LogP contribution in [0.3, 0.4) is 0 Å². The molecule has 0 saturated heterocycles. The topological polar surface area (TPSA) is 55.1 Å². The maximum Gasteiger partial charge on any atom is 0.227 e. The molecule has 98 valence electrons. The Hall–Kier alpha value is -0.570. The van der Waals surface area contributed by atoms with Gasteiger partial charge in [-0.25, -0.2) is 0 Å². The Morgan fingerprint density at radius 3 is 2.41 bits per heavy atom. The highest BCUT2D eigenvalue weighted by Gasteiger charge is 2.45. The summed E-state index contributed by atoms with van der Waals surface area (Å²) in [6.07, 6.45) is 7.97. The zero-order valence-corrected chi connectivity index (χ0v) is 11.2. The average molecular weight is 238 g/mol. The van der Waals surface area contributed by atoms with E-state index in [0.29, 0.717) is 12.6 Å². The van der Waals surface area contributed by atoms with Crippen LogP contribution in [-0.2, 0) is 4.79 Å².